The molecule has 0 saturated carbocycles. The zero-order valence-corrected chi connectivity index (χ0v) is 15.0. The lowest BCUT2D eigenvalue weighted by molar-refractivity contribution is 0.0814. The van der Waals surface area contributed by atoms with Gasteiger partial charge in [0.15, 0.2) is 0 Å². The molecule has 6 nitrogen and oxygen atoms in total. The zero-order valence-electron chi connectivity index (χ0n) is 15.0. The first-order valence-electron chi connectivity index (χ1n) is 8.17. The quantitative estimate of drug-likeness (QED) is 0.732. The second kappa shape index (κ2) is 5.69. The highest BCUT2D eigenvalue weighted by Gasteiger charge is 2.32. The Balaban J connectivity index is 2.25. The van der Waals surface area contributed by atoms with Crippen LogP contribution in [0.1, 0.15) is 15.9 Å². The molecule has 4 rings (SSSR count). The standard InChI is InChI=1S/C20H19NO5/c1-21-9-12-16-10(8-13(22)17(12)20(21)23)7-11-14(24-2)5-6-15(25-3)18(11)19(16)26-4/h5-8,22H,9H2,1-4H3. The number of fused-ring (bicyclic) bond motifs is 4. The van der Waals surface area contributed by atoms with Crippen molar-refractivity contribution in [3.8, 4) is 23.0 Å². The summed E-state index contributed by atoms with van der Waals surface area (Å²) in [6.07, 6.45) is 0. The molecule has 1 heterocycles. The van der Waals surface area contributed by atoms with Gasteiger partial charge in [0.1, 0.15) is 23.0 Å². The minimum absolute atomic E-state index is 0.0230. The van der Waals surface area contributed by atoms with E-state index in [0.29, 0.717) is 29.4 Å². The molecule has 3 aromatic carbocycles. The van der Waals surface area contributed by atoms with Gasteiger partial charge in [-0.1, -0.05) is 0 Å². The Morgan fingerprint density at radius 2 is 1.69 bits per heavy atom. The van der Waals surface area contributed by atoms with Crippen LogP contribution in [0.3, 0.4) is 0 Å². The van der Waals surface area contributed by atoms with Gasteiger partial charge in [-0.05, 0) is 35.2 Å². The fourth-order valence-electron chi connectivity index (χ4n) is 3.81. The second-order valence-corrected chi connectivity index (χ2v) is 6.31. The lowest BCUT2D eigenvalue weighted by Gasteiger charge is -2.17. The predicted molar refractivity (Wildman–Crippen MR) is 98.6 cm³/mol. The van der Waals surface area contributed by atoms with E-state index >= 15 is 0 Å². The number of carbonyl (C=O) groups is 1. The summed E-state index contributed by atoms with van der Waals surface area (Å²) in [5, 5.41) is 13.6. The maximum atomic E-state index is 12.4. The summed E-state index contributed by atoms with van der Waals surface area (Å²) in [5.74, 6) is 1.71. The molecule has 1 amide bonds. The topological polar surface area (TPSA) is 68.2 Å². The Morgan fingerprint density at radius 1 is 1.00 bits per heavy atom. The number of hydrogen-bond acceptors (Lipinski definition) is 5. The molecule has 0 aromatic heterocycles. The molecule has 0 aliphatic carbocycles. The highest BCUT2D eigenvalue weighted by molar-refractivity contribution is 6.15. The van der Waals surface area contributed by atoms with Gasteiger partial charge < -0.3 is 24.2 Å². The first-order chi connectivity index (χ1) is 12.5. The molecule has 3 aromatic rings. The fourth-order valence-corrected chi connectivity index (χ4v) is 3.81. The fraction of sp³-hybridized carbons (Fsp3) is 0.250. The smallest absolute Gasteiger partial charge is 0.258 e. The zero-order chi connectivity index (χ0) is 18.6. The number of aromatic hydroxyl groups is 1. The highest BCUT2D eigenvalue weighted by Crippen LogP contribution is 2.48. The molecule has 1 N–H and O–H groups in total. The second-order valence-electron chi connectivity index (χ2n) is 6.31. The number of ether oxygens (including phenoxy) is 3. The van der Waals surface area contributed by atoms with Gasteiger partial charge in [-0.25, -0.2) is 0 Å². The molecule has 0 bridgehead atoms. The van der Waals surface area contributed by atoms with Crippen LogP contribution in [0.15, 0.2) is 24.3 Å². The van der Waals surface area contributed by atoms with Crippen LogP contribution < -0.4 is 14.2 Å². The van der Waals surface area contributed by atoms with Gasteiger partial charge in [0, 0.05) is 24.4 Å². The number of carbonyl (C=O) groups excluding carboxylic acids is 1. The van der Waals surface area contributed by atoms with Gasteiger partial charge in [-0.15, -0.1) is 0 Å². The van der Waals surface area contributed by atoms with E-state index < -0.39 is 0 Å². The van der Waals surface area contributed by atoms with E-state index in [-0.39, 0.29) is 11.7 Å². The van der Waals surface area contributed by atoms with Crippen molar-refractivity contribution in [3.05, 3.63) is 35.4 Å². The van der Waals surface area contributed by atoms with E-state index in [9.17, 15) is 9.90 Å². The molecule has 0 atom stereocenters. The van der Waals surface area contributed by atoms with Crippen molar-refractivity contribution in [2.45, 2.75) is 6.54 Å². The lowest BCUT2D eigenvalue weighted by Crippen LogP contribution is -2.17. The van der Waals surface area contributed by atoms with Crippen molar-refractivity contribution >= 4 is 27.5 Å². The van der Waals surface area contributed by atoms with Crippen LogP contribution in [0.4, 0.5) is 0 Å². The van der Waals surface area contributed by atoms with Crippen LogP contribution in [-0.4, -0.2) is 44.3 Å². The van der Waals surface area contributed by atoms with Gasteiger partial charge in [-0.3, -0.25) is 4.79 Å². The first kappa shape index (κ1) is 16.3. The van der Waals surface area contributed by atoms with Crippen molar-refractivity contribution in [2.24, 2.45) is 0 Å². The summed E-state index contributed by atoms with van der Waals surface area (Å²) >= 11 is 0. The SMILES string of the molecule is COc1ccc(OC)c2c(OC)c3c4c(c(O)cc3cc12)C(=O)N(C)C4. The van der Waals surface area contributed by atoms with E-state index in [2.05, 4.69) is 0 Å². The molecular formula is C20H19NO5. The van der Waals surface area contributed by atoms with Crippen LogP contribution in [-0.2, 0) is 6.54 Å². The maximum Gasteiger partial charge on any atom is 0.258 e. The predicted octanol–water partition coefficient (Wildman–Crippen LogP) is 3.31. The van der Waals surface area contributed by atoms with Crippen LogP contribution >= 0.6 is 0 Å². The summed E-state index contributed by atoms with van der Waals surface area (Å²) < 4.78 is 16.8. The highest BCUT2D eigenvalue weighted by atomic mass is 16.5. The number of methoxy groups -OCH3 is 3. The van der Waals surface area contributed by atoms with Gasteiger partial charge in [0.05, 0.1) is 32.3 Å². The Hall–Kier alpha value is -3.15. The van der Waals surface area contributed by atoms with E-state index in [1.807, 2.05) is 18.2 Å². The van der Waals surface area contributed by atoms with Crippen LogP contribution in [0, 0.1) is 0 Å². The molecule has 0 radical (unpaired) electrons. The summed E-state index contributed by atoms with van der Waals surface area (Å²) in [6, 6.07) is 7.19. The van der Waals surface area contributed by atoms with Crippen LogP contribution in [0.2, 0.25) is 0 Å². The lowest BCUT2D eigenvalue weighted by atomic mass is 9.94. The van der Waals surface area contributed by atoms with Gasteiger partial charge in [0.25, 0.3) is 5.91 Å². The Morgan fingerprint density at radius 3 is 2.35 bits per heavy atom. The van der Waals surface area contributed by atoms with Crippen molar-refractivity contribution in [2.75, 3.05) is 28.4 Å². The Labute approximate surface area is 150 Å². The normalized spacial score (nSPS) is 13.4. The summed E-state index contributed by atoms with van der Waals surface area (Å²) in [7, 11) is 6.51. The van der Waals surface area contributed by atoms with E-state index in [0.717, 1.165) is 27.1 Å². The number of rotatable bonds is 3. The number of nitrogens with zero attached hydrogens (tertiary/aromatic N) is 1. The largest absolute Gasteiger partial charge is 0.507 e. The van der Waals surface area contributed by atoms with Crippen molar-refractivity contribution in [3.63, 3.8) is 0 Å². The van der Waals surface area contributed by atoms with Crippen LogP contribution in [0.5, 0.6) is 23.0 Å². The Bertz CT molecular complexity index is 1070. The van der Waals surface area contributed by atoms with Gasteiger partial charge in [-0.2, -0.15) is 0 Å². The minimum atomic E-state index is -0.195. The molecule has 1 aliphatic rings. The minimum Gasteiger partial charge on any atom is -0.507 e. The summed E-state index contributed by atoms with van der Waals surface area (Å²) in [6.45, 7) is 0.410. The molecule has 0 saturated heterocycles. The molecular weight excluding hydrogens is 334 g/mol. The number of hydrogen-bond donors (Lipinski definition) is 1. The monoisotopic (exact) mass is 353 g/mol. The molecule has 0 unspecified atom stereocenters. The number of phenols is 1. The number of phenolic OH excluding ortho intramolecular Hbond substituents is 1. The van der Waals surface area contributed by atoms with Crippen LogP contribution in [0.25, 0.3) is 21.5 Å². The molecule has 26 heavy (non-hydrogen) atoms. The number of benzene rings is 3. The third kappa shape index (κ3) is 2.02. The maximum absolute atomic E-state index is 12.4. The summed E-state index contributed by atoms with van der Waals surface area (Å²) in [5.41, 5.74) is 1.09. The summed E-state index contributed by atoms with van der Waals surface area (Å²) in [4.78, 5) is 14.0. The van der Waals surface area contributed by atoms with Crippen molar-refractivity contribution in [1.82, 2.24) is 4.90 Å². The van der Waals surface area contributed by atoms with Gasteiger partial charge >= 0.3 is 0 Å². The average molecular weight is 353 g/mol. The third-order valence-electron chi connectivity index (χ3n) is 4.96. The number of amides is 1. The molecule has 134 valence electrons. The first-order valence-corrected chi connectivity index (χ1v) is 8.17. The van der Waals surface area contributed by atoms with E-state index in [4.69, 9.17) is 14.2 Å². The van der Waals surface area contributed by atoms with E-state index in [1.165, 1.54) is 0 Å². The molecule has 1 aliphatic heterocycles. The molecule has 0 spiro atoms. The van der Waals surface area contributed by atoms with Gasteiger partial charge in [0.2, 0.25) is 0 Å². The Kier molecular flexibility index (Phi) is 3.57. The van der Waals surface area contributed by atoms with Crippen molar-refractivity contribution < 1.29 is 24.1 Å². The average Bonchev–Trinajstić information content (AvgIpc) is 2.94. The molecule has 6 heteroatoms. The van der Waals surface area contributed by atoms with E-state index in [1.54, 1.807) is 39.3 Å². The molecule has 0 fully saturated rings. The van der Waals surface area contributed by atoms with Crippen molar-refractivity contribution in [1.29, 1.82) is 0 Å². The third-order valence-corrected chi connectivity index (χ3v) is 4.96.